The number of aromatic nitrogens is 1. The first-order valence-electron chi connectivity index (χ1n) is 6.13. The third-order valence-electron chi connectivity index (χ3n) is 3.03. The fourth-order valence-corrected chi connectivity index (χ4v) is 2.53. The maximum Gasteiger partial charge on any atom is 0.347 e. The van der Waals surface area contributed by atoms with E-state index in [1.165, 1.54) is 16.9 Å². The second-order valence-corrected chi connectivity index (χ2v) is 6.41. The Morgan fingerprint density at radius 1 is 1.26 bits per heavy atom. The number of thiazole rings is 1. The molecule has 4 heteroatoms. The molecule has 100 valence electrons. The van der Waals surface area contributed by atoms with E-state index in [4.69, 9.17) is 5.11 Å². The average Bonchev–Trinajstić information content (AvgIpc) is 2.77. The molecular formula is C15H17NO2S. The first kappa shape index (κ1) is 13.7. The zero-order valence-electron chi connectivity index (χ0n) is 11.3. The van der Waals surface area contributed by atoms with E-state index in [0.717, 1.165) is 5.56 Å². The van der Waals surface area contributed by atoms with E-state index >= 15 is 0 Å². The molecule has 3 nitrogen and oxygen atoms in total. The Morgan fingerprint density at radius 2 is 1.89 bits per heavy atom. The average molecular weight is 275 g/mol. The van der Waals surface area contributed by atoms with E-state index in [9.17, 15) is 4.79 Å². The van der Waals surface area contributed by atoms with Gasteiger partial charge in [-0.15, -0.1) is 11.3 Å². The highest BCUT2D eigenvalue weighted by molar-refractivity contribution is 7.11. The van der Waals surface area contributed by atoms with Crippen LogP contribution in [0.5, 0.6) is 0 Å². The van der Waals surface area contributed by atoms with Crippen molar-refractivity contribution in [2.24, 2.45) is 0 Å². The maximum atomic E-state index is 11.0. The summed E-state index contributed by atoms with van der Waals surface area (Å²) in [5.74, 6) is -0.899. The molecule has 0 fully saturated rings. The third kappa shape index (κ3) is 3.20. The molecular weight excluding hydrogens is 258 g/mol. The summed E-state index contributed by atoms with van der Waals surface area (Å²) in [6, 6.07) is 8.29. The monoisotopic (exact) mass is 275 g/mol. The molecule has 0 bridgehead atoms. The second-order valence-electron chi connectivity index (χ2n) is 5.56. The minimum atomic E-state index is -0.899. The van der Waals surface area contributed by atoms with Gasteiger partial charge in [-0.25, -0.2) is 9.78 Å². The molecule has 0 saturated heterocycles. The topological polar surface area (TPSA) is 50.2 Å². The maximum absolute atomic E-state index is 11.0. The van der Waals surface area contributed by atoms with Crippen LogP contribution in [-0.2, 0) is 11.8 Å². The molecule has 0 aliphatic carbocycles. The van der Waals surface area contributed by atoms with Crippen molar-refractivity contribution in [3.8, 4) is 0 Å². The second kappa shape index (κ2) is 5.13. The first-order valence-corrected chi connectivity index (χ1v) is 7.01. The van der Waals surface area contributed by atoms with Gasteiger partial charge in [0.2, 0.25) is 0 Å². The lowest BCUT2D eigenvalue weighted by Gasteiger charge is -2.19. The Bertz CT molecular complexity index is 579. The van der Waals surface area contributed by atoms with Crippen LogP contribution in [0.3, 0.4) is 0 Å². The van der Waals surface area contributed by atoms with Crippen LogP contribution < -0.4 is 0 Å². The van der Waals surface area contributed by atoms with Crippen molar-refractivity contribution >= 4 is 17.3 Å². The summed E-state index contributed by atoms with van der Waals surface area (Å²) in [5, 5.41) is 9.05. The highest BCUT2D eigenvalue weighted by atomic mass is 32.1. The minimum absolute atomic E-state index is 0.130. The lowest BCUT2D eigenvalue weighted by molar-refractivity contribution is 0.0701. The van der Waals surface area contributed by atoms with Gasteiger partial charge in [0, 0.05) is 6.42 Å². The van der Waals surface area contributed by atoms with Gasteiger partial charge in [-0.05, 0) is 16.5 Å². The van der Waals surface area contributed by atoms with E-state index in [1.807, 2.05) is 12.1 Å². The van der Waals surface area contributed by atoms with Crippen molar-refractivity contribution in [1.82, 2.24) is 4.98 Å². The molecule has 2 aromatic rings. The Morgan fingerprint density at radius 3 is 2.42 bits per heavy atom. The zero-order valence-corrected chi connectivity index (χ0v) is 12.1. The van der Waals surface area contributed by atoms with Crippen molar-refractivity contribution in [3.63, 3.8) is 0 Å². The summed E-state index contributed by atoms with van der Waals surface area (Å²) >= 11 is 1.17. The molecule has 1 heterocycles. The first-order chi connectivity index (χ1) is 8.88. The fraction of sp³-hybridized carbons (Fsp3) is 0.333. The number of carboxylic acid groups (broad SMARTS) is 1. The number of hydrogen-bond donors (Lipinski definition) is 1. The van der Waals surface area contributed by atoms with Gasteiger partial charge in [0.25, 0.3) is 0 Å². The normalized spacial score (nSPS) is 11.5. The summed E-state index contributed by atoms with van der Waals surface area (Å²) in [6.45, 7) is 6.51. The summed E-state index contributed by atoms with van der Waals surface area (Å²) in [7, 11) is 0. The van der Waals surface area contributed by atoms with Gasteiger partial charge in [0.1, 0.15) is 4.88 Å². The van der Waals surface area contributed by atoms with E-state index in [0.29, 0.717) is 17.0 Å². The number of carbonyl (C=O) groups is 1. The molecule has 1 aromatic heterocycles. The molecule has 0 aliphatic heterocycles. The minimum Gasteiger partial charge on any atom is -0.477 e. The van der Waals surface area contributed by atoms with Crippen molar-refractivity contribution in [2.45, 2.75) is 32.6 Å². The molecule has 0 radical (unpaired) electrons. The standard InChI is InChI=1S/C15H17NO2S/c1-15(2,3)11-6-4-10(5-7-11)8-12-13(14(17)18)19-9-16-12/h4-7,9H,8H2,1-3H3,(H,17,18). The molecule has 2 rings (SSSR count). The SMILES string of the molecule is CC(C)(C)c1ccc(Cc2ncsc2C(=O)O)cc1. The van der Waals surface area contributed by atoms with Crippen molar-refractivity contribution in [2.75, 3.05) is 0 Å². The molecule has 0 amide bonds. The van der Waals surface area contributed by atoms with Crippen molar-refractivity contribution in [3.05, 3.63) is 51.5 Å². The van der Waals surface area contributed by atoms with Gasteiger partial charge in [0.15, 0.2) is 0 Å². The molecule has 1 aromatic carbocycles. The summed E-state index contributed by atoms with van der Waals surface area (Å²) < 4.78 is 0. The Labute approximate surface area is 116 Å². The van der Waals surface area contributed by atoms with Crippen molar-refractivity contribution in [1.29, 1.82) is 0 Å². The highest BCUT2D eigenvalue weighted by Crippen LogP contribution is 2.23. The van der Waals surface area contributed by atoms with Gasteiger partial charge in [-0.3, -0.25) is 0 Å². The third-order valence-corrected chi connectivity index (χ3v) is 3.88. The van der Waals surface area contributed by atoms with Gasteiger partial charge in [-0.2, -0.15) is 0 Å². The zero-order chi connectivity index (χ0) is 14.0. The molecule has 19 heavy (non-hydrogen) atoms. The Balaban J connectivity index is 2.20. The van der Waals surface area contributed by atoms with Gasteiger partial charge in [-0.1, -0.05) is 45.0 Å². The Kier molecular flexibility index (Phi) is 3.71. The van der Waals surface area contributed by atoms with E-state index < -0.39 is 5.97 Å². The summed E-state index contributed by atoms with van der Waals surface area (Å²) in [4.78, 5) is 15.5. The van der Waals surface area contributed by atoms with Crippen LogP contribution in [0.1, 0.15) is 47.3 Å². The van der Waals surface area contributed by atoms with E-state index in [2.05, 4.69) is 37.9 Å². The van der Waals surface area contributed by atoms with Crippen LogP contribution >= 0.6 is 11.3 Å². The largest absolute Gasteiger partial charge is 0.477 e. The number of nitrogens with zero attached hydrogens (tertiary/aromatic N) is 1. The summed E-state index contributed by atoms with van der Waals surface area (Å²) in [5.41, 5.74) is 4.71. The molecule has 0 saturated carbocycles. The fourth-order valence-electron chi connectivity index (χ4n) is 1.89. The predicted molar refractivity (Wildman–Crippen MR) is 77.0 cm³/mol. The van der Waals surface area contributed by atoms with Crippen LogP contribution in [0.2, 0.25) is 0 Å². The quantitative estimate of drug-likeness (QED) is 0.928. The smallest absolute Gasteiger partial charge is 0.347 e. The van der Waals surface area contributed by atoms with Gasteiger partial charge >= 0.3 is 5.97 Å². The van der Waals surface area contributed by atoms with Crippen LogP contribution in [0.15, 0.2) is 29.8 Å². The van der Waals surface area contributed by atoms with Crippen LogP contribution in [0.4, 0.5) is 0 Å². The number of aromatic carboxylic acids is 1. The van der Waals surface area contributed by atoms with Crippen LogP contribution in [-0.4, -0.2) is 16.1 Å². The van der Waals surface area contributed by atoms with Crippen molar-refractivity contribution < 1.29 is 9.90 Å². The van der Waals surface area contributed by atoms with E-state index in [1.54, 1.807) is 5.51 Å². The van der Waals surface area contributed by atoms with E-state index in [-0.39, 0.29) is 5.41 Å². The van der Waals surface area contributed by atoms with Gasteiger partial charge in [0.05, 0.1) is 11.2 Å². The number of rotatable bonds is 3. The molecule has 0 aliphatic rings. The number of benzene rings is 1. The molecule has 0 atom stereocenters. The number of hydrogen-bond acceptors (Lipinski definition) is 3. The van der Waals surface area contributed by atoms with Gasteiger partial charge < -0.3 is 5.11 Å². The number of carboxylic acids is 1. The van der Waals surface area contributed by atoms with Crippen LogP contribution in [0.25, 0.3) is 0 Å². The Hall–Kier alpha value is -1.68. The molecule has 1 N–H and O–H groups in total. The predicted octanol–water partition coefficient (Wildman–Crippen LogP) is 3.73. The molecule has 0 spiro atoms. The highest BCUT2D eigenvalue weighted by Gasteiger charge is 2.15. The van der Waals surface area contributed by atoms with Crippen LogP contribution in [0, 0.1) is 0 Å². The summed E-state index contributed by atoms with van der Waals surface area (Å²) in [6.07, 6.45) is 0.565. The molecule has 0 unspecified atom stereocenters. The lowest BCUT2D eigenvalue weighted by atomic mass is 9.86. The lowest BCUT2D eigenvalue weighted by Crippen LogP contribution is -2.10.